The fourth-order valence-electron chi connectivity index (χ4n) is 3.37. The fraction of sp³-hybridized carbons (Fsp3) is 0.533. The molecule has 1 saturated carbocycles. The van der Waals surface area contributed by atoms with Crippen LogP contribution in [0.1, 0.15) is 38.2 Å². The molecular weight excluding hydrogens is 273 g/mol. The van der Waals surface area contributed by atoms with Crippen LogP contribution in [0.15, 0.2) is 18.5 Å². The first kappa shape index (κ1) is 14.0. The molecule has 1 atom stereocenters. The molecule has 1 aromatic heterocycles. The number of hydrogen-bond donors (Lipinski definition) is 1. The predicted octanol–water partition coefficient (Wildman–Crippen LogP) is 1.38. The molecule has 3 rings (SSSR count). The molecule has 1 unspecified atom stereocenters. The van der Waals surface area contributed by atoms with E-state index >= 15 is 0 Å². The predicted molar refractivity (Wildman–Crippen MR) is 73.5 cm³/mol. The van der Waals surface area contributed by atoms with E-state index in [4.69, 9.17) is 0 Å². The maximum atomic E-state index is 13.3. The summed E-state index contributed by atoms with van der Waals surface area (Å²) in [6, 6.07) is 0.824. The number of halogens is 1. The number of piperazine rings is 1. The number of carbonyl (C=O) groups is 2. The second-order valence-electron chi connectivity index (χ2n) is 5.87. The van der Waals surface area contributed by atoms with Crippen molar-refractivity contribution in [1.82, 2.24) is 15.2 Å². The molecular formula is C15H18FN3O2. The molecule has 2 aliphatic rings. The molecule has 5 nitrogen and oxygen atoms in total. The normalized spacial score (nSPS) is 24.5. The van der Waals surface area contributed by atoms with Crippen molar-refractivity contribution < 1.29 is 14.0 Å². The highest BCUT2D eigenvalue weighted by atomic mass is 19.1. The van der Waals surface area contributed by atoms with Crippen LogP contribution in [0.5, 0.6) is 0 Å². The van der Waals surface area contributed by atoms with E-state index in [2.05, 4.69) is 10.3 Å². The van der Waals surface area contributed by atoms with Gasteiger partial charge in [-0.2, -0.15) is 0 Å². The summed E-state index contributed by atoms with van der Waals surface area (Å²) >= 11 is 0. The molecule has 0 aromatic carbocycles. The molecule has 1 N–H and O–H groups in total. The third kappa shape index (κ3) is 2.28. The lowest BCUT2D eigenvalue weighted by molar-refractivity contribution is -0.157. The van der Waals surface area contributed by atoms with Gasteiger partial charge in [-0.1, -0.05) is 12.8 Å². The lowest BCUT2D eigenvalue weighted by Gasteiger charge is -2.45. The van der Waals surface area contributed by atoms with Crippen molar-refractivity contribution in [3.8, 4) is 0 Å². The van der Waals surface area contributed by atoms with Crippen LogP contribution in [-0.4, -0.2) is 33.3 Å². The Bertz CT molecular complexity index is 584. The van der Waals surface area contributed by atoms with E-state index in [1.165, 1.54) is 12.3 Å². The first-order valence-corrected chi connectivity index (χ1v) is 7.25. The summed E-state index contributed by atoms with van der Waals surface area (Å²) in [6.45, 7) is 1.90. The summed E-state index contributed by atoms with van der Waals surface area (Å²) in [4.78, 5) is 30.4. The van der Waals surface area contributed by atoms with Crippen molar-refractivity contribution in [3.63, 3.8) is 0 Å². The van der Waals surface area contributed by atoms with Gasteiger partial charge < -0.3 is 10.2 Å². The zero-order chi connectivity index (χ0) is 15.0. The molecule has 6 heteroatoms. The average Bonchev–Trinajstić information content (AvgIpc) is 2.93. The molecule has 2 fully saturated rings. The van der Waals surface area contributed by atoms with Gasteiger partial charge in [0.25, 0.3) is 0 Å². The van der Waals surface area contributed by atoms with Crippen molar-refractivity contribution in [3.05, 3.63) is 29.8 Å². The molecule has 21 heavy (non-hydrogen) atoms. The standard InChI is InChI=1S/C15H18FN3O2/c1-10-13(20)19(9-11-6-12(16)8-17-7-11)15(14(21)18-10)4-2-3-5-15/h6-8,10H,2-5,9H2,1H3,(H,18,21). The highest BCUT2D eigenvalue weighted by Gasteiger charge is 2.52. The van der Waals surface area contributed by atoms with Crippen molar-refractivity contribution in [1.29, 1.82) is 0 Å². The summed E-state index contributed by atoms with van der Waals surface area (Å²) in [6.07, 6.45) is 5.85. The van der Waals surface area contributed by atoms with Crippen molar-refractivity contribution in [2.75, 3.05) is 0 Å². The average molecular weight is 291 g/mol. The topological polar surface area (TPSA) is 62.3 Å². The van der Waals surface area contributed by atoms with Crippen LogP contribution in [0.4, 0.5) is 4.39 Å². The SMILES string of the molecule is CC1NC(=O)C2(CCCC2)N(Cc2cncc(F)c2)C1=O. The summed E-state index contributed by atoms with van der Waals surface area (Å²) in [7, 11) is 0. The van der Waals surface area contributed by atoms with Crippen molar-refractivity contribution in [2.24, 2.45) is 0 Å². The van der Waals surface area contributed by atoms with E-state index in [9.17, 15) is 14.0 Å². The molecule has 1 spiro atoms. The van der Waals surface area contributed by atoms with Gasteiger partial charge in [-0.3, -0.25) is 14.6 Å². The van der Waals surface area contributed by atoms with Crippen LogP contribution in [0.3, 0.4) is 0 Å². The van der Waals surface area contributed by atoms with Crippen LogP contribution >= 0.6 is 0 Å². The van der Waals surface area contributed by atoms with Crippen LogP contribution in [0, 0.1) is 5.82 Å². The lowest BCUT2D eigenvalue weighted by Crippen LogP contribution is -2.68. The number of carbonyl (C=O) groups excluding carboxylic acids is 2. The quantitative estimate of drug-likeness (QED) is 0.895. The van der Waals surface area contributed by atoms with Crippen LogP contribution in [-0.2, 0) is 16.1 Å². The summed E-state index contributed by atoms with van der Waals surface area (Å²) in [5.41, 5.74) is -0.160. The maximum absolute atomic E-state index is 13.3. The number of rotatable bonds is 2. The molecule has 2 amide bonds. The molecule has 1 aromatic rings. The van der Waals surface area contributed by atoms with Gasteiger partial charge in [0, 0.05) is 12.7 Å². The molecule has 1 aliphatic heterocycles. The number of aromatic nitrogens is 1. The van der Waals surface area contributed by atoms with Gasteiger partial charge in [-0.25, -0.2) is 4.39 Å². The number of hydrogen-bond acceptors (Lipinski definition) is 3. The van der Waals surface area contributed by atoms with Crippen LogP contribution in [0.2, 0.25) is 0 Å². The maximum Gasteiger partial charge on any atom is 0.246 e. The minimum absolute atomic E-state index is 0.0866. The highest BCUT2D eigenvalue weighted by Crippen LogP contribution is 2.39. The monoisotopic (exact) mass is 291 g/mol. The lowest BCUT2D eigenvalue weighted by atomic mass is 9.89. The number of pyridine rings is 1. The molecule has 2 heterocycles. The smallest absolute Gasteiger partial charge is 0.246 e. The Morgan fingerprint density at radius 2 is 2.10 bits per heavy atom. The molecule has 112 valence electrons. The van der Waals surface area contributed by atoms with Gasteiger partial charge in [0.2, 0.25) is 11.8 Å². The van der Waals surface area contributed by atoms with E-state index in [1.54, 1.807) is 11.8 Å². The van der Waals surface area contributed by atoms with E-state index < -0.39 is 17.4 Å². The molecule has 1 saturated heterocycles. The van der Waals surface area contributed by atoms with Gasteiger partial charge in [0.1, 0.15) is 17.4 Å². The van der Waals surface area contributed by atoms with Crippen LogP contribution < -0.4 is 5.32 Å². The zero-order valence-corrected chi connectivity index (χ0v) is 11.9. The third-order valence-corrected chi connectivity index (χ3v) is 4.46. The number of nitrogens with zero attached hydrogens (tertiary/aromatic N) is 2. The molecule has 0 radical (unpaired) electrons. The van der Waals surface area contributed by atoms with Gasteiger partial charge in [0.05, 0.1) is 6.20 Å². The first-order chi connectivity index (χ1) is 10.0. The zero-order valence-electron chi connectivity index (χ0n) is 11.9. The summed E-state index contributed by atoms with van der Waals surface area (Å²) in [5.74, 6) is -0.632. The van der Waals surface area contributed by atoms with Crippen molar-refractivity contribution in [2.45, 2.75) is 50.7 Å². The minimum Gasteiger partial charge on any atom is -0.343 e. The first-order valence-electron chi connectivity index (χ1n) is 7.25. The van der Waals surface area contributed by atoms with E-state index in [0.29, 0.717) is 18.4 Å². The Labute approximate surface area is 122 Å². The van der Waals surface area contributed by atoms with Crippen LogP contribution in [0.25, 0.3) is 0 Å². The number of amides is 2. The fourth-order valence-corrected chi connectivity index (χ4v) is 3.37. The molecule has 0 bridgehead atoms. The Morgan fingerprint density at radius 3 is 2.76 bits per heavy atom. The largest absolute Gasteiger partial charge is 0.343 e. The van der Waals surface area contributed by atoms with E-state index in [-0.39, 0.29) is 18.4 Å². The van der Waals surface area contributed by atoms with Gasteiger partial charge in [-0.05, 0) is 31.4 Å². The second-order valence-corrected chi connectivity index (χ2v) is 5.87. The Kier molecular flexibility index (Phi) is 3.39. The van der Waals surface area contributed by atoms with Crippen molar-refractivity contribution >= 4 is 11.8 Å². The second kappa shape index (κ2) is 5.09. The minimum atomic E-state index is -0.768. The van der Waals surface area contributed by atoms with E-state index in [1.807, 2.05) is 0 Å². The summed E-state index contributed by atoms with van der Waals surface area (Å²) in [5, 5.41) is 2.77. The highest BCUT2D eigenvalue weighted by molar-refractivity contribution is 5.99. The van der Waals surface area contributed by atoms with Gasteiger partial charge in [-0.15, -0.1) is 0 Å². The van der Waals surface area contributed by atoms with Gasteiger partial charge >= 0.3 is 0 Å². The van der Waals surface area contributed by atoms with Gasteiger partial charge in [0.15, 0.2) is 0 Å². The third-order valence-electron chi connectivity index (χ3n) is 4.46. The number of nitrogens with one attached hydrogen (secondary N) is 1. The van der Waals surface area contributed by atoms with E-state index in [0.717, 1.165) is 19.0 Å². The Hall–Kier alpha value is -1.98. The molecule has 1 aliphatic carbocycles. The summed E-state index contributed by atoms with van der Waals surface area (Å²) < 4.78 is 13.3. The Balaban J connectivity index is 1.94. The Morgan fingerprint density at radius 1 is 1.38 bits per heavy atom.